The quantitative estimate of drug-likeness (QED) is 0.719. The normalized spacial score (nSPS) is 10.5. The summed E-state index contributed by atoms with van der Waals surface area (Å²) in [7, 11) is 1.54. The number of methoxy groups -OCH3 is 1. The Bertz CT molecular complexity index is 814. The van der Waals surface area contributed by atoms with Crippen molar-refractivity contribution in [3.8, 4) is 17.1 Å². The number of nitrogens with zero attached hydrogens (tertiary/aromatic N) is 4. The van der Waals surface area contributed by atoms with Gasteiger partial charge in [0.1, 0.15) is 5.75 Å². The highest BCUT2D eigenvalue weighted by atomic mass is 79.9. The Morgan fingerprint density at radius 1 is 1.18 bits per heavy atom. The molecule has 0 saturated heterocycles. The van der Waals surface area contributed by atoms with Crippen molar-refractivity contribution >= 4 is 21.8 Å². The maximum Gasteiger partial charge on any atom is 0.297 e. The van der Waals surface area contributed by atoms with Crippen molar-refractivity contribution < 1.29 is 9.53 Å². The van der Waals surface area contributed by atoms with Gasteiger partial charge in [0.25, 0.3) is 5.91 Å². The van der Waals surface area contributed by atoms with Gasteiger partial charge in [-0.3, -0.25) is 4.79 Å². The largest absolute Gasteiger partial charge is 0.497 e. The molecule has 0 bridgehead atoms. The lowest BCUT2D eigenvalue weighted by molar-refractivity contribution is 0.0925. The van der Waals surface area contributed by atoms with E-state index in [1.165, 1.54) is 0 Å². The Kier molecular flexibility index (Phi) is 3.97. The van der Waals surface area contributed by atoms with Crippen molar-refractivity contribution in [2.75, 3.05) is 7.11 Å². The van der Waals surface area contributed by atoms with Gasteiger partial charge in [-0.15, -0.1) is 10.2 Å². The van der Waals surface area contributed by atoms with Gasteiger partial charge >= 0.3 is 0 Å². The standard InChI is InChI=1S/C15H11BrN4O2/c1-22-13-4-2-3-11(9-13)15(21)20-18-14(17-19-20)10-5-7-12(16)8-6-10/h2-9H,1H3. The zero-order valence-corrected chi connectivity index (χ0v) is 13.2. The summed E-state index contributed by atoms with van der Waals surface area (Å²) < 4.78 is 6.06. The van der Waals surface area contributed by atoms with Crippen LogP contribution >= 0.6 is 15.9 Å². The van der Waals surface area contributed by atoms with Crippen molar-refractivity contribution in [3.63, 3.8) is 0 Å². The number of rotatable bonds is 3. The number of aromatic nitrogens is 4. The number of ether oxygens (including phenoxy) is 1. The molecule has 0 aliphatic rings. The molecule has 6 nitrogen and oxygen atoms in total. The molecule has 0 radical (unpaired) electrons. The van der Waals surface area contributed by atoms with Gasteiger partial charge in [-0.05, 0) is 47.7 Å². The molecule has 0 unspecified atom stereocenters. The summed E-state index contributed by atoms with van der Waals surface area (Å²) in [5.41, 5.74) is 1.21. The van der Waals surface area contributed by atoms with E-state index in [1.54, 1.807) is 31.4 Å². The van der Waals surface area contributed by atoms with Crippen molar-refractivity contribution in [1.82, 2.24) is 20.2 Å². The van der Waals surface area contributed by atoms with Crippen LogP contribution in [0.2, 0.25) is 0 Å². The lowest BCUT2D eigenvalue weighted by atomic mass is 10.2. The van der Waals surface area contributed by atoms with Crippen LogP contribution in [0.5, 0.6) is 5.75 Å². The highest BCUT2D eigenvalue weighted by Crippen LogP contribution is 2.18. The smallest absolute Gasteiger partial charge is 0.297 e. The van der Waals surface area contributed by atoms with Crippen LogP contribution in [0, 0.1) is 0 Å². The predicted molar refractivity (Wildman–Crippen MR) is 83.7 cm³/mol. The van der Waals surface area contributed by atoms with Gasteiger partial charge in [0.2, 0.25) is 5.82 Å². The van der Waals surface area contributed by atoms with Gasteiger partial charge in [-0.2, -0.15) is 0 Å². The molecule has 3 rings (SSSR count). The maximum absolute atomic E-state index is 12.3. The molecule has 2 aromatic carbocycles. The van der Waals surface area contributed by atoms with Crippen molar-refractivity contribution in [3.05, 3.63) is 58.6 Å². The summed E-state index contributed by atoms with van der Waals surface area (Å²) in [5, 5.41) is 11.9. The lowest BCUT2D eigenvalue weighted by Crippen LogP contribution is -2.15. The zero-order chi connectivity index (χ0) is 15.5. The van der Waals surface area contributed by atoms with E-state index in [4.69, 9.17) is 4.74 Å². The van der Waals surface area contributed by atoms with Gasteiger partial charge in [0, 0.05) is 15.6 Å². The molecule has 0 fully saturated rings. The summed E-state index contributed by atoms with van der Waals surface area (Å²) in [6.07, 6.45) is 0. The van der Waals surface area contributed by atoms with E-state index >= 15 is 0 Å². The minimum Gasteiger partial charge on any atom is -0.497 e. The Morgan fingerprint density at radius 2 is 1.95 bits per heavy atom. The van der Waals surface area contributed by atoms with E-state index in [-0.39, 0.29) is 5.91 Å². The van der Waals surface area contributed by atoms with Crippen LogP contribution in [0.4, 0.5) is 0 Å². The molecule has 0 spiro atoms. The summed E-state index contributed by atoms with van der Waals surface area (Å²) in [5.74, 6) is 0.623. The molecule has 0 N–H and O–H groups in total. The molecule has 1 aromatic heterocycles. The highest BCUT2D eigenvalue weighted by Gasteiger charge is 2.14. The van der Waals surface area contributed by atoms with Gasteiger partial charge in [-0.1, -0.05) is 26.8 Å². The Labute approximate surface area is 134 Å². The number of tetrazole rings is 1. The Morgan fingerprint density at radius 3 is 2.68 bits per heavy atom. The third kappa shape index (κ3) is 2.89. The predicted octanol–water partition coefficient (Wildman–Crippen LogP) is 2.80. The van der Waals surface area contributed by atoms with Crippen LogP contribution < -0.4 is 4.74 Å². The summed E-state index contributed by atoms with van der Waals surface area (Å²) in [6, 6.07) is 14.2. The van der Waals surface area contributed by atoms with E-state index in [0.29, 0.717) is 17.1 Å². The van der Waals surface area contributed by atoms with Crippen LogP contribution in [-0.2, 0) is 0 Å². The molecule has 3 aromatic rings. The number of halogens is 1. The fourth-order valence-electron chi connectivity index (χ4n) is 1.89. The molecule has 0 atom stereocenters. The first-order valence-corrected chi connectivity index (χ1v) is 7.21. The minimum absolute atomic E-state index is 0.366. The number of benzene rings is 2. The first-order valence-electron chi connectivity index (χ1n) is 6.42. The van der Waals surface area contributed by atoms with E-state index in [1.807, 2.05) is 24.3 Å². The molecule has 22 heavy (non-hydrogen) atoms. The third-order valence-electron chi connectivity index (χ3n) is 3.01. The fourth-order valence-corrected chi connectivity index (χ4v) is 2.15. The zero-order valence-electron chi connectivity index (χ0n) is 11.6. The third-order valence-corrected chi connectivity index (χ3v) is 3.54. The first-order chi connectivity index (χ1) is 10.7. The second-order valence-corrected chi connectivity index (χ2v) is 5.36. The van der Waals surface area contributed by atoms with Crippen molar-refractivity contribution in [2.45, 2.75) is 0 Å². The van der Waals surface area contributed by atoms with Crippen molar-refractivity contribution in [2.24, 2.45) is 0 Å². The highest BCUT2D eigenvalue weighted by molar-refractivity contribution is 9.10. The second-order valence-electron chi connectivity index (χ2n) is 4.45. The molecule has 0 aliphatic heterocycles. The Hall–Kier alpha value is -2.54. The molecule has 0 saturated carbocycles. The lowest BCUT2D eigenvalue weighted by Gasteiger charge is -2.02. The average Bonchev–Trinajstić information content (AvgIpc) is 3.05. The van der Waals surface area contributed by atoms with E-state index in [0.717, 1.165) is 14.8 Å². The average molecular weight is 359 g/mol. The number of hydrogen-bond acceptors (Lipinski definition) is 5. The van der Waals surface area contributed by atoms with E-state index in [9.17, 15) is 4.79 Å². The van der Waals surface area contributed by atoms with Gasteiger partial charge in [0.15, 0.2) is 0 Å². The Balaban J connectivity index is 1.89. The molecule has 0 amide bonds. The number of carbonyl (C=O) groups excluding carboxylic acids is 1. The van der Waals surface area contributed by atoms with Crippen LogP contribution in [0.1, 0.15) is 10.4 Å². The number of hydrogen-bond donors (Lipinski definition) is 0. The number of carbonyl (C=O) groups is 1. The molecule has 0 aliphatic carbocycles. The first kappa shape index (κ1) is 14.4. The summed E-state index contributed by atoms with van der Waals surface area (Å²) in [4.78, 5) is 13.3. The molecule has 1 heterocycles. The molecular weight excluding hydrogens is 348 g/mol. The molecule has 7 heteroatoms. The van der Waals surface area contributed by atoms with Crippen molar-refractivity contribution in [1.29, 1.82) is 0 Å². The topological polar surface area (TPSA) is 69.9 Å². The van der Waals surface area contributed by atoms with Gasteiger partial charge in [-0.25, -0.2) is 0 Å². The molecular formula is C15H11BrN4O2. The second kappa shape index (κ2) is 6.07. The van der Waals surface area contributed by atoms with Crippen LogP contribution in [0.15, 0.2) is 53.0 Å². The molecule has 110 valence electrons. The van der Waals surface area contributed by atoms with Crippen LogP contribution in [0.3, 0.4) is 0 Å². The summed E-state index contributed by atoms with van der Waals surface area (Å²) in [6.45, 7) is 0. The minimum atomic E-state index is -0.366. The van der Waals surface area contributed by atoms with E-state index in [2.05, 4.69) is 31.3 Å². The SMILES string of the molecule is COc1cccc(C(=O)n2nnc(-c3ccc(Br)cc3)n2)c1. The van der Waals surface area contributed by atoms with Crippen LogP contribution in [0.25, 0.3) is 11.4 Å². The van der Waals surface area contributed by atoms with Crippen LogP contribution in [-0.4, -0.2) is 33.2 Å². The fraction of sp³-hybridized carbons (Fsp3) is 0.0667. The van der Waals surface area contributed by atoms with Gasteiger partial charge in [0.05, 0.1) is 7.11 Å². The van der Waals surface area contributed by atoms with Gasteiger partial charge < -0.3 is 4.74 Å². The monoisotopic (exact) mass is 358 g/mol. The summed E-state index contributed by atoms with van der Waals surface area (Å²) >= 11 is 3.36. The van der Waals surface area contributed by atoms with E-state index < -0.39 is 0 Å². The maximum atomic E-state index is 12.3.